The molecule has 0 saturated heterocycles. The van der Waals surface area contributed by atoms with Gasteiger partial charge in [0, 0.05) is 17.1 Å². The molecule has 1 aromatic heterocycles. The number of aryl methyl sites for hydroxylation is 1. The minimum atomic E-state index is -0.431. The number of nitrogens with one attached hydrogen (secondary N) is 1. The Morgan fingerprint density at radius 2 is 2.00 bits per heavy atom. The van der Waals surface area contributed by atoms with Crippen LogP contribution in [0.2, 0.25) is 0 Å². The number of fused-ring (bicyclic) bond motifs is 2. The Morgan fingerprint density at radius 1 is 1.23 bits per heavy atom. The van der Waals surface area contributed by atoms with Crippen LogP contribution < -0.4 is 5.32 Å². The Kier molecular flexibility index (Phi) is 5.86. The number of benzene rings is 1. The normalized spacial score (nSPS) is 14.5. The molecule has 1 amide bonds. The Hall–Kier alpha value is -2.43. The number of nitrogens with zero attached hydrogens (tertiary/aromatic N) is 1. The molecule has 0 spiro atoms. The van der Waals surface area contributed by atoms with Gasteiger partial charge in [0.05, 0.1) is 11.1 Å². The number of ether oxygens (including phenoxy) is 1. The van der Waals surface area contributed by atoms with Gasteiger partial charge in [-0.15, -0.1) is 0 Å². The van der Waals surface area contributed by atoms with Crippen LogP contribution in [-0.4, -0.2) is 29.5 Å². The summed E-state index contributed by atoms with van der Waals surface area (Å²) in [7, 11) is 0. The first-order valence-electron chi connectivity index (χ1n) is 9.47. The highest BCUT2D eigenvalue weighted by Gasteiger charge is 2.24. The van der Waals surface area contributed by atoms with Gasteiger partial charge >= 0.3 is 5.97 Å². The number of esters is 1. The van der Waals surface area contributed by atoms with Crippen LogP contribution in [0.1, 0.15) is 61.1 Å². The molecule has 0 aliphatic heterocycles. The second-order valence-electron chi connectivity index (χ2n) is 6.97. The zero-order chi connectivity index (χ0) is 18.5. The van der Waals surface area contributed by atoms with Gasteiger partial charge in [-0.1, -0.05) is 31.5 Å². The SMILES string of the molecule is CCC[C@H](C)NC(=O)COC(=O)c1c2c(nc3ccccc13)CCCC2. The van der Waals surface area contributed by atoms with E-state index in [1.54, 1.807) is 0 Å². The number of hydrogen-bond donors (Lipinski definition) is 1. The predicted octanol–water partition coefficient (Wildman–Crippen LogP) is 3.58. The number of amides is 1. The summed E-state index contributed by atoms with van der Waals surface area (Å²) in [6.07, 6.45) is 5.75. The van der Waals surface area contributed by atoms with E-state index in [2.05, 4.69) is 12.2 Å². The molecule has 0 radical (unpaired) electrons. The first-order chi connectivity index (χ1) is 12.6. The summed E-state index contributed by atoms with van der Waals surface area (Å²) in [5.41, 5.74) is 3.36. The van der Waals surface area contributed by atoms with Crippen molar-refractivity contribution in [3.63, 3.8) is 0 Å². The Morgan fingerprint density at radius 3 is 2.81 bits per heavy atom. The average Bonchev–Trinajstić information content (AvgIpc) is 2.64. The van der Waals surface area contributed by atoms with Crippen LogP contribution in [0.4, 0.5) is 0 Å². The molecule has 1 atom stereocenters. The summed E-state index contributed by atoms with van der Waals surface area (Å²) in [6.45, 7) is 3.77. The lowest BCUT2D eigenvalue weighted by Gasteiger charge is -2.20. The van der Waals surface area contributed by atoms with Gasteiger partial charge in [-0.25, -0.2) is 4.79 Å². The summed E-state index contributed by atoms with van der Waals surface area (Å²) < 4.78 is 5.36. The zero-order valence-electron chi connectivity index (χ0n) is 15.5. The fraction of sp³-hybridized carbons (Fsp3) is 0.476. The van der Waals surface area contributed by atoms with Crippen LogP contribution in [0.5, 0.6) is 0 Å². The first-order valence-corrected chi connectivity index (χ1v) is 9.47. The van der Waals surface area contributed by atoms with Crippen molar-refractivity contribution in [1.29, 1.82) is 0 Å². The molecular weight excluding hydrogens is 328 g/mol. The molecule has 1 aliphatic rings. The van der Waals surface area contributed by atoms with E-state index in [0.717, 1.165) is 60.7 Å². The van der Waals surface area contributed by atoms with Gasteiger partial charge in [0.2, 0.25) is 0 Å². The molecule has 0 fully saturated rings. The molecule has 1 aromatic carbocycles. The highest BCUT2D eigenvalue weighted by Crippen LogP contribution is 2.29. The van der Waals surface area contributed by atoms with Crippen molar-refractivity contribution in [2.24, 2.45) is 0 Å². The Labute approximate surface area is 154 Å². The summed E-state index contributed by atoms with van der Waals surface area (Å²) in [6, 6.07) is 7.72. The number of pyridine rings is 1. The molecule has 3 rings (SSSR count). The standard InChI is InChI=1S/C21H26N2O3/c1-3-8-14(2)22-19(24)13-26-21(25)20-15-9-4-6-11-17(15)23-18-12-7-5-10-16(18)20/h4,6,9,11,14H,3,5,7-8,10,12-13H2,1-2H3,(H,22,24)/t14-/m0/s1. The van der Waals surface area contributed by atoms with E-state index in [-0.39, 0.29) is 18.6 Å². The van der Waals surface area contributed by atoms with Gasteiger partial charge in [-0.2, -0.15) is 0 Å². The highest BCUT2D eigenvalue weighted by atomic mass is 16.5. The van der Waals surface area contributed by atoms with Crippen LogP contribution in [0.3, 0.4) is 0 Å². The third kappa shape index (κ3) is 4.03. The van der Waals surface area contributed by atoms with Gasteiger partial charge < -0.3 is 10.1 Å². The molecule has 0 bridgehead atoms. The van der Waals surface area contributed by atoms with Gasteiger partial charge in [0.25, 0.3) is 5.91 Å². The van der Waals surface area contributed by atoms with Crippen molar-refractivity contribution in [3.8, 4) is 0 Å². The average molecular weight is 354 g/mol. The van der Waals surface area contributed by atoms with Gasteiger partial charge in [0.1, 0.15) is 0 Å². The number of para-hydroxylation sites is 1. The lowest BCUT2D eigenvalue weighted by molar-refractivity contribution is -0.124. The van der Waals surface area contributed by atoms with Crippen LogP contribution in [0.25, 0.3) is 10.9 Å². The number of carbonyl (C=O) groups is 2. The second-order valence-corrected chi connectivity index (χ2v) is 6.97. The number of aromatic nitrogens is 1. The molecule has 1 heterocycles. The van der Waals surface area contributed by atoms with E-state index in [4.69, 9.17) is 9.72 Å². The van der Waals surface area contributed by atoms with Crippen LogP contribution in [0, 0.1) is 0 Å². The zero-order valence-corrected chi connectivity index (χ0v) is 15.5. The van der Waals surface area contributed by atoms with Crippen LogP contribution in [-0.2, 0) is 22.4 Å². The number of rotatable bonds is 6. The van der Waals surface area contributed by atoms with Crippen molar-refractivity contribution in [3.05, 3.63) is 41.1 Å². The smallest absolute Gasteiger partial charge is 0.339 e. The maximum Gasteiger partial charge on any atom is 0.339 e. The van der Waals surface area contributed by atoms with Crippen molar-refractivity contribution in [2.75, 3.05) is 6.61 Å². The third-order valence-electron chi connectivity index (χ3n) is 4.84. The lowest BCUT2D eigenvalue weighted by Crippen LogP contribution is -2.35. The summed E-state index contributed by atoms with van der Waals surface area (Å²) in [5, 5.41) is 3.66. The molecule has 1 aliphatic carbocycles. The van der Waals surface area contributed by atoms with E-state index in [9.17, 15) is 9.59 Å². The highest BCUT2D eigenvalue weighted by molar-refractivity contribution is 6.05. The summed E-state index contributed by atoms with van der Waals surface area (Å²) in [5.74, 6) is -0.688. The quantitative estimate of drug-likeness (QED) is 0.805. The van der Waals surface area contributed by atoms with Crippen LogP contribution in [0.15, 0.2) is 24.3 Å². The Balaban J connectivity index is 1.80. The number of hydrogen-bond acceptors (Lipinski definition) is 4. The lowest BCUT2D eigenvalue weighted by atomic mass is 9.90. The Bertz CT molecular complexity index is 816. The summed E-state index contributed by atoms with van der Waals surface area (Å²) >= 11 is 0. The van der Waals surface area contributed by atoms with E-state index >= 15 is 0 Å². The second kappa shape index (κ2) is 8.30. The van der Waals surface area contributed by atoms with Gasteiger partial charge in [-0.3, -0.25) is 9.78 Å². The molecule has 26 heavy (non-hydrogen) atoms. The molecule has 2 aromatic rings. The predicted molar refractivity (Wildman–Crippen MR) is 101 cm³/mol. The first kappa shape index (κ1) is 18.4. The van der Waals surface area contributed by atoms with E-state index in [1.165, 1.54) is 0 Å². The van der Waals surface area contributed by atoms with Crippen molar-refractivity contribution < 1.29 is 14.3 Å². The maximum atomic E-state index is 12.8. The largest absolute Gasteiger partial charge is 0.452 e. The van der Waals surface area contributed by atoms with Crippen molar-refractivity contribution in [1.82, 2.24) is 10.3 Å². The molecule has 0 unspecified atom stereocenters. The molecule has 0 saturated carbocycles. The molecule has 5 heteroatoms. The van der Waals surface area contributed by atoms with Gasteiger partial charge in [0.15, 0.2) is 6.61 Å². The molecule has 138 valence electrons. The van der Waals surface area contributed by atoms with Crippen LogP contribution >= 0.6 is 0 Å². The van der Waals surface area contributed by atoms with Crippen molar-refractivity contribution >= 4 is 22.8 Å². The monoisotopic (exact) mass is 354 g/mol. The van der Waals surface area contributed by atoms with E-state index in [0.29, 0.717) is 5.56 Å². The maximum absolute atomic E-state index is 12.8. The number of carbonyl (C=O) groups excluding carboxylic acids is 2. The topological polar surface area (TPSA) is 68.3 Å². The molecule has 5 nitrogen and oxygen atoms in total. The summed E-state index contributed by atoms with van der Waals surface area (Å²) in [4.78, 5) is 29.6. The molecule has 1 N–H and O–H groups in total. The van der Waals surface area contributed by atoms with E-state index in [1.807, 2.05) is 31.2 Å². The molecular formula is C21H26N2O3. The minimum absolute atomic E-state index is 0.0840. The fourth-order valence-electron chi connectivity index (χ4n) is 3.63. The third-order valence-corrected chi connectivity index (χ3v) is 4.84. The van der Waals surface area contributed by atoms with E-state index < -0.39 is 5.97 Å². The fourth-order valence-corrected chi connectivity index (χ4v) is 3.63. The van der Waals surface area contributed by atoms with Gasteiger partial charge in [-0.05, 0) is 50.7 Å². The van der Waals surface area contributed by atoms with Crippen molar-refractivity contribution in [2.45, 2.75) is 58.4 Å². The minimum Gasteiger partial charge on any atom is -0.452 e.